The van der Waals surface area contributed by atoms with Crippen LogP contribution in [0.15, 0.2) is 67.1 Å². The molecule has 5 rings (SSSR count). The molecule has 5 aromatic rings. The lowest BCUT2D eigenvalue weighted by Gasteiger charge is -2.11. The summed E-state index contributed by atoms with van der Waals surface area (Å²) in [4.78, 5) is 17.0. The number of amides is 2. The predicted octanol–water partition coefficient (Wildman–Crippen LogP) is 5.87. The lowest BCUT2D eigenvalue weighted by molar-refractivity contribution is 0.262. The van der Waals surface area contributed by atoms with E-state index >= 15 is 0 Å². The Morgan fingerprint density at radius 2 is 1.75 bits per heavy atom. The van der Waals surface area contributed by atoms with Crippen molar-refractivity contribution in [3.8, 4) is 16.8 Å². The lowest BCUT2D eigenvalue weighted by atomic mass is 10.0. The third kappa shape index (κ3) is 4.40. The van der Waals surface area contributed by atoms with Gasteiger partial charge < -0.3 is 5.32 Å². The topological polar surface area (TPSA) is 89.7 Å². The van der Waals surface area contributed by atoms with Crippen LogP contribution in [0.2, 0.25) is 0 Å². The number of urea groups is 1. The second-order valence-corrected chi connectivity index (χ2v) is 8.66. The van der Waals surface area contributed by atoms with Gasteiger partial charge in [-0.05, 0) is 47.9 Å². The first kappa shape index (κ1) is 23.2. The SMILES string of the molecule is CC(C)c1cc(NC(=O)Nc2ccc(-c3cncc4c3cnn4C)cc2F)n(-c2ccc(F)cc2)n1. The van der Waals surface area contributed by atoms with Gasteiger partial charge in [-0.1, -0.05) is 19.9 Å². The van der Waals surface area contributed by atoms with Crippen molar-refractivity contribution in [1.29, 1.82) is 0 Å². The number of nitrogens with one attached hydrogen (secondary N) is 2. The van der Waals surface area contributed by atoms with Gasteiger partial charge in [0.1, 0.15) is 17.5 Å². The molecule has 2 aromatic carbocycles. The monoisotopic (exact) mass is 487 g/mol. The van der Waals surface area contributed by atoms with Crippen LogP contribution < -0.4 is 10.6 Å². The van der Waals surface area contributed by atoms with Gasteiger partial charge in [-0.15, -0.1) is 0 Å². The average Bonchev–Trinajstić information content (AvgIpc) is 3.45. The molecule has 10 heteroatoms. The molecule has 0 spiro atoms. The molecule has 3 aromatic heterocycles. The van der Waals surface area contributed by atoms with Crippen LogP contribution in [0.4, 0.5) is 25.1 Å². The molecule has 0 bridgehead atoms. The van der Waals surface area contributed by atoms with Crippen molar-refractivity contribution < 1.29 is 13.6 Å². The van der Waals surface area contributed by atoms with Crippen molar-refractivity contribution >= 4 is 28.4 Å². The summed E-state index contributed by atoms with van der Waals surface area (Å²) in [5.41, 5.74) is 3.50. The van der Waals surface area contributed by atoms with E-state index in [4.69, 9.17) is 0 Å². The molecule has 2 N–H and O–H groups in total. The second kappa shape index (κ2) is 9.21. The van der Waals surface area contributed by atoms with Crippen molar-refractivity contribution in [2.24, 2.45) is 7.05 Å². The van der Waals surface area contributed by atoms with Crippen LogP contribution in [0.1, 0.15) is 25.5 Å². The number of benzene rings is 2. The number of aryl methyl sites for hydroxylation is 1. The molecule has 0 fully saturated rings. The minimum absolute atomic E-state index is 0.0134. The Hall–Kier alpha value is -4.60. The van der Waals surface area contributed by atoms with Crippen LogP contribution in [0.3, 0.4) is 0 Å². The third-order valence-corrected chi connectivity index (χ3v) is 5.84. The summed E-state index contributed by atoms with van der Waals surface area (Å²) in [5.74, 6) is -0.511. The standard InChI is InChI=1S/C26H23F2N7O/c1-15(2)23-11-25(35(33-23)18-7-5-17(27)6-8-18)32-26(36)31-22-9-4-16(10-21(22)28)19-12-29-14-24-20(19)13-30-34(24)3/h4-15H,1-3H3,(H2,31,32,36). The van der Waals surface area contributed by atoms with E-state index in [0.29, 0.717) is 17.1 Å². The fourth-order valence-electron chi connectivity index (χ4n) is 3.89. The van der Waals surface area contributed by atoms with Gasteiger partial charge in [0.15, 0.2) is 0 Å². The fourth-order valence-corrected chi connectivity index (χ4v) is 3.89. The number of aromatic nitrogens is 5. The Balaban J connectivity index is 1.38. The Kier molecular flexibility index (Phi) is 5.93. The average molecular weight is 488 g/mol. The number of anilines is 2. The molecular weight excluding hydrogens is 464 g/mol. The van der Waals surface area contributed by atoms with E-state index in [0.717, 1.165) is 22.2 Å². The van der Waals surface area contributed by atoms with Crippen LogP contribution in [-0.2, 0) is 7.05 Å². The third-order valence-electron chi connectivity index (χ3n) is 5.84. The molecule has 0 aliphatic carbocycles. The van der Waals surface area contributed by atoms with Crippen molar-refractivity contribution in [3.05, 3.63) is 84.4 Å². The Morgan fingerprint density at radius 3 is 2.47 bits per heavy atom. The number of hydrogen-bond acceptors (Lipinski definition) is 4. The van der Waals surface area contributed by atoms with E-state index in [-0.39, 0.29) is 17.4 Å². The maximum absolute atomic E-state index is 15.0. The molecule has 0 radical (unpaired) electrons. The Bertz CT molecular complexity index is 1570. The zero-order valence-electron chi connectivity index (χ0n) is 19.8. The van der Waals surface area contributed by atoms with Crippen LogP contribution in [0, 0.1) is 11.6 Å². The first-order chi connectivity index (χ1) is 17.3. The molecule has 0 atom stereocenters. The summed E-state index contributed by atoms with van der Waals surface area (Å²) < 4.78 is 31.6. The minimum Gasteiger partial charge on any atom is -0.305 e. The first-order valence-corrected chi connectivity index (χ1v) is 11.3. The lowest BCUT2D eigenvalue weighted by Crippen LogP contribution is -2.22. The summed E-state index contributed by atoms with van der Waals surface area (Å²) in [6.07, 6.45) is 5.06. The summed E-state index contributed by atoms with van der Waals surface area (Å²) in [6.45, 7) is 3.94. The quantitative estimate of drug-likeness (QED) is 0.325. The fraction of sp³-hybridized carbons (Fsp3) is 0.154. The molecule has 0 saturated carbocycles. The highest BCUT2D eigenvalue weighted by molar-refractivity contribution is 6.00. The minimum atomic E-state index is -0.642. The van der Waals surface area contributed by atoms with Crippen molar-refractivity contribution in [2.45, 2.75) is 19.8 Å². The van der Waals surface area contributed by atoms with Gasteiger partial charge in [0.2, 0.25) is 0 Å². The number of carbonyl (C=O) groups excluding carboxylic acids is 1. The summed E-state index contributed by atoms with van der Waals surface area (Å²) in [6, 6.07) is 11.4. The molecule has 0 aliphatic heterocycles. The van der Waals surface area contributed by atoms with Gasteiger partial charge in [-0.3, -0.25) is 15.0 Å². The van der Waals surface area contributed by atoms with E-state index in [1.165, 1.54) is 28.9 Å². The normalized spacial score (nSPS) is 11.3. The molecule has 3 heterocycles. The van der Waals surface area contributed by atoms with Crippen molar-refractivity contribution in [1.82, 2.24) is 24.5 Å². The maximum Gasteiger partial charge on any atom is 0.324 e. The highest BCUT2D eigenvalue weighted by Crippen LogP contribution is 2.30. The van der Waals surface area contributed by atoms with Crippen LogP contribution in [0.25, 0.3) is 27.7 Å². The highest BCUT2D eigenvalue weighted by Gasteiger charge is 2.16. The second-order valence-electron chi connectivity index (χ2n) is 8.66. The number of hydrogen-bond donors (Lipinski definition) is 2. The Morgan fingerprint density at radius 1 is 0.972 bits per heavy atom. The van der Waals surface area contributed by atoms with E-state index in [9.17, 15) is 13.6 Å². The predicted molar refractivity (Wildman–Crippen MR) is 134 cm³/mol. The van der Waals surface area contributed by atoms with Crippen LogP contribution in [-0.4, -0.2) is 30.6 Å². The number of pyridine rings is 1. The van der Waals surface area contributed by atoms with E-state index in [1.54, 1.807) is 47.5 Å². The number of nitrogens with zero attached hydrogens (tertiary/aromatic N) is 5. The van der Waals surface area contributed by atoms with Gasteiger partial charge >= 0.3 is 6.03 Å². The molecular formula is C26H23F2N7O. The number of fused-ring (bicyclic) bond motifs is 1. The molecule has 0 unspecified atom stereocenters. The number of carbonyl (C=O) groups is 1. The van der Waals surface area contributed by atoms with E-state index in [1.807, 2.05) is 20.9 Å². The van der Waals surface area contributed by atoms with Gasteiger partial charge in [-0.2, -0.15) is 10.2 Å². The van der Waals surface area contributed by atoms with E-state index in [2.05, 4.69) is 25.8 Å². The van der Waals surface area contributed by atoms with Gasteiger partial charge in [0, 0.05) is 30.3 Å². The molecule has 36 heavy (non-hydrogen) atoms. The van der Waals surface area contributed by atoms with Gasteiger partial charge in [0.25, 0.3) is 0 Å². The summed E-state index contributed by atoms with van der Waals surface area (Å²) >= 11 is 0. The summed E-state index contributed by atoms with van der Waals surface area (Å²) in [5, 5.41) is 14.9. The first-order valence-electron chi connectivity index (χ1n) is 11.3. The highest BCUT2D eigenvalue weighted by atomic mass is 19.1. The zero-order chi connectivity index (χ0) is 25.4. The van der Waals surface area contributed by atoms with Crippen LogP contribution >= 0.6 is 0 Å². The number of halogens is 2. The summed E-state index contributed by atoms with van der Waals surface area (Å²) in [7, 11) is 1.81. The molecule has 0 saturated heterocycles. The smallest absolute Gasteiger partial charge is 0.305 e. The molecule has 182 valence electrons. The van der Waals surface area contributed by atoms with Gasteiger partial charge in [0.05, 0.1) is 35.0 Å². The zero-order valence-corrected chi connectivity index (χ0v) is 19.8. The van der Waals surface area contributed by atoms with Crippen molar-refractivity contribution in [3.63, 3.8) is 0 Å². The van der Waals surface area contributed by atoms with E-state index < -0.39 is 11.8 Å². The molecule has 0 aliphatic rings. The molecule has 8 nitrogen and oxygen atoms in total. The van der Waals surface area contributed by atoms with Crippen molar-refractivity contribution in [2.75, 3.05) is 10.6 Å². The largest absolute Gasteiger partial charge is 0.324 e. The number of rotatable bonds is 5. The van der Waals surface area contributed by atoms with Gasteiger partial charge in [-0.25, -0.2) is 18.3 Å². The Labute approximate surface area is 205 Å². The maximum atomic E-state index is 15.0. The van der Waals surface area contributed by atoms with Crippen LogP contribution in [0.5, 0.6) is 0 Å². The molecule has 2 amide bonds.